The van der Waals surface area contributed by atoms with Gasteiger partial charge in [0, 0.05) is 18.2 Å². The molecule has 98 valence electrons. The monoisotopic (exact) mass is 247 g/mol. The number of fused-ring (bicyclic) bond motifs is 1. The Labute approximate surface area is 108 Å². The van der Waals surface area contributed by atoms with E-state index in [1.54, 1.807) is 12.1 Å². The van der Waals surface area contributed by atoms with E-state index >= 15 is 0 Å². The van der Waals surface area contributed by atoms with Gasteiger partial charge >= 0.3 is 0 Å². The number of aromatic hydroxyl groups is 1. The Hall–Kier alpha value is -1.22. The summed E-state index contributed by atoms with van der Waals surface area (Å²) in [6, 6.07) is 5.70. The van der Waals surface area contributed by atoms with E-state index in [2.05, 4.69) is 12.2 Å². The number of nitrogens with one attached hydrogen (secondary N) is 1. The predicted molar refractivity (Wildman–Crippen MR) is 70.9 cm³/mol. The number of hydrogen-bond donors (Lipinski definition) is 2. The number of benzene rings is 1. The first kappa shape index (κ1) is 11.8. The first-order valence-corrected chi connectivity index (χ1v) is 6.91. The fourth-order valence-electron chi connectivity index (χ4n) is 2.93. The first-order chi connectivity index (χ1) is 8.72. The molecular formula is C15H21NO2. The highest BCUT2D eigenvalue weighted by Crippen LogP contribution is 2.49. The molecule has 1 heterocycles. The van der Waals surface area contributed by atoms with Crippen molar-refractivity contribution in [2.45, 2.75) is 38.6 Å². The summed E-state index contributed by atoms with van der Waals surface area (Å²) in [6.45, 7) is 4.03. The minimum Gasteiger partial charge on any atom is -0.508 e. The smallest absolute Gasteiger partial charge is 0.127 e. The van der Waals surface area contributed by atoms with Crippen molar-refractivity contribution in [3.05, 3.63) is 23.8 Å². The van der Waals surface area contributed by atoms with E-state index in [1.165, 1.54) is 31.2 Å². The number of ether oxygens (including phenoxy) is 1. The quantitative estimate of drug-likeness (QED) is 0.840. The van der Waals surface area contributed by atoms with E-state index < -0.39 is 0 Å². The van der Waals surface area contributed by atoms with E-state index in [0.29, 0.717) is 12.0 Å². The SMILES string of the molecule is CCCC1(CNC2COc3cc(O)ccc32)CC1. The average molecular weight is 247 g/mol. The van der Waals surface area contributed by atoms with Crippen molar-refractivity contribution in [1.29, 1.82) is 0 Å². The summed E-state index contributed by atoms with van der Waals surface area (Å²) >= 11 is 0. The predicted octanol–water partition coefficient (Wildman–Crippen LogP) is 3.00. The zero-order valence-electron chi connectivity index (χ0n) is 10.9. The Bertz CT molecular complexity index is 440. The molecule has 1 unspecified atom stereocenters. The van der Waals surface area contributed by atoms with Gasteiger partial charge in [-0.15, -0.1) is 0 Å². The molecule has 3 heteroatoms. The zero-order chi connectivity index (χ0) is 12.6. The van der Waals surface area contributed by atoms with E-state index in [0.717, 1.165) is 12.3 Å². The van der Waals surface area contributed by atoms with Crippen molar-refractivity contribution in [1.82, 2.24) is 5.32 Å². The van der Waals surface area contributed by atoms with Gasteiger partial charge in [0.05, 0.1) is 6.04 Å². The molecule has 0 radical (unpaired) electrons. The van der Waals surface area contributed by atoms with Crippen LogP contribution in [-0.4, -0.2) is 18.3 Å². The molecule has 1 saturated carbocycles. The lowest BCUT2D eigenvalue weighted by molar-refractivity contribution is 0.295. The van der Waals surface area contributed by atoms with E-state index in [9.17, 15) is 5.11 Å². The minimum atomic E-state index is 0.277. The Balaban J connectivity index is 1.63. The van der Waals surface area contributed by atoms with Gasteiger partial charge in [-0.25, -0.2) is 0 Å². The second-order valence-corrected chi connectivity index (χ2v) is 5.72. The van der Waals surface area contributed by atoms with Crippen molar-refractivity contribution in [2.24, 2.45) is 5.41 Å². The summed E-state index contributed by atoms with van der Waals surface area (Å²) in [5.41, 5.74) is 1.74. The summed E-state index contributed by atoms with van der Waals surface area (Å²) < 4.78 is 5.61. The van der Waals surface area contributed by atoms with Crippen LogP contribution in [0.25, 0.3) is 0 Å². The summed E-state index contributed by atoms with van der Waals surface area (Å²) in [5.74, 6) is 1.10. The van der Waals surface area contributed by atoms with Crippen LogP contribution >= 0.6 is 0 Å². The standard InChI is InChI=1S/C15H21NO2/c1-2-5-15(6-7-15)10-16-13-9-18-14-8-11(17)3-4-12(13)14/h3-4,8,13,16-17H,2,5-7,9-10H2,1H3. The molecule has 1 aromatic rings. The van der Waals surface area contributed by atoms with Crippen LogP contribution < -0.4 is 10.1 Å². The Kier molecular flexibility index (Phi) is 2.94. The molecule has 1 atom stereocenters. The van der Waals surface area contributed by atoms with Gasteiger partial charge in [0.25, 0.3) is 0 Å². The normalized spacial score (nSPS) is 23.5. The van der Waals surface area contributed by atoms with Crippen molar-refractivity contribution >= 4 is 0 Å². The van der Waals surface area contributed by atoms with E-state index in [4.69, 9.17) is 4.74 Å². The van der Waals surface area contributed by atoms with E-state index in [1.807, 2.05) is 6.07 Å². The summed E-state index contributed by atoms with van der Waals surface area (Å²) in [5, 5.41) is 13.1. The van der Waals surface area contributed by atoms with Gasteiger partial charge in [-0.3, -0.25) is 0 Å². The molecule has 1 fully saturated rings. The fourth-order valence-corrected chi connectivity index (χ4v) is 2.93. The molecule has 0 aromatic heterocycles. The van der Waals surface area contributed by atoms with Crippen molar-refractivity contribution < 1.29 is 9.84 Å². The molecule has 0 amide bonds. The molecule has 2 aliphatic rings. The molecule has 18 heavy (non-hydrogen) atoms. The van der Waals surface area contributed by atoms with Gasteiger partial charge in [-0.2, -0.15) is 0 Å². The largest absolute Gasteiger partial charge is 0.508 e. The van der Waals surface area contributed by atoms with Crippen LogP contribution in [-0.2, 0) is 0 Å². The van der Waals surface area contributed by atoms with Crippen LogP contribution in [0.15, 0.2) is 18.2 Å². The van der Waals surface area contributed by atoms with Gasteiger partial charge < -0.3 is 15.2 Å². The summed E-state index contributed by atoms with van der Waals surface area (Å²) in [4.78, 5) is 0. The molecule has 1 aromatic carbocycles. The maximum atomic E-state index is 9.42. The molecule has 1 aliphatic heterocycles. The zero-order valence-corrected chi connectivity index (χ0v) is 10.9. The lowest BCUT2D eigenvalue weighted by atomic mass is 9.99. The minimum absolute atomic E-state index is 0.277. The highest BCUT2D eigenvalue weighted by molar-refractivity contribution is 5.44. The second-order valence-electron chi connectivity index (χ2n) is 5.72. The average Bonchev–Trinajstić information content (AvgIpc) is 3.00. The molecular weight excluding hydrogens is 226 g/mol. The van der Waals surface area contributed by atoms with Crippen molar-refractivity contribution in [3.8, 4) is 11.5 Å². The van der Waals surface area contributed by atoms with Crippen LogP contribution in [0.3, 0.4) is 0 Å². The number of hydrogen-bond acceptors (Lipinski definition) is 3. The van der Waals surface area contributed by atoms with Crippen LogP contribution in [0, 0.1) is 5.41 Å². The molecule has 2 N–H and O–H groups in total. The Morgan fingerprint density at radius 3 is 3.00 bits per heavy atom. The van der Waals surface area contributed by atoms with Crippen molar-refractivity contribution in [2.75, 3.05) is 13.2 Å². The van der Waals surface area contributed by atoms with Crippen LogP contribution in [0.5, 0.6) is 11.5 Å². The molecule has 3 rings (SSSR count). The number of phenolic OH excluding ortho intramolecular Hbond substituents is 1. The van der Waals surface area contributed by atoms with Crippen molar-refractivity contribution in [3.63, 3.8) is 0 Å². The molecule has 0 saturated heterocycles. The second kappa shape index (κ2) is 4.47. The number of rotatable bonds is 5. The van der Waals surface area contributed by atoms with Gasteiger partial charge in [0.1, 0.15) is 18.1 Å². The summed E-state index contributed by atoms with van der Waals surface area (Å²) in [7, 11) is 0. The maximum absolute atomic E-state index is 9.42. The van der Waals surface area contributed by atoms with Crippen LogP contribution in [0.4, 0.5) is 0 Å². The van der Waals surface area contributed by atoms with E-state index in [-0.39, 0.29) is 11.8 Å². The third-order valence-corrected chi connectivity index (χ3v) is 4.24. The van der Waals surface area contributed by atoms with Gasteiger partial charge in [-0.1, -0.05) is 13.3 Å². The topological polar surface area (TPSA) is 41.5 Å². The van der Waals surface area contributed by atoms with Crippen LogP contribution in [0.2, 0.25) is 0 Å². The van der Waals surface area contributed by atoms with Gasteiger partial charge in [0.15, 0.2) is 0 Å². The lowest BCUT2D eigenvalue weighted by Crippen LogP contribution is -2.29. The molecule has 3 nitrogen and oxygen atoms in total. The Morgan fingerprint density at radius 1 is 1.44 bits per heavy atom. The first-order valence-electron chi connectivity index (χ1n) is 6.91. The van der Waals surface area contributed by atoms with Gasteiger partial charge in [0.2, 0.25) is 0 Å². The molecule has 0 spiro atoms. The fraction of sp³-hybridized carbons (Fsp3) is 0.600. The Morgan fingerprint density at radius 2 is 2.28 bits per heavy atom. The number of phenols is 1. The third-order valence-electron chi connectivity index (χ3n) is 4.24. The highest BCUT2D eigenvalue weighted by Gasteiger charge is 2.41. The van der Waals surface area contributed by atoms with Gasteiger partial charge in [-0.05, 0) is 36.8 Å². The summed E-state index contributed by atoms with van der Waals surface area (Å²) in [6.07, 6.45) is 5.33. The highest BCUT2D eigenvalue weighted by atomic mass is 16.5. The lowest BCUT2D eigenvalue weighted by Gasteiger charge is -2.18. The van der Waals surface area contributed by atoms with Crippen LogP contribution in [0.1, 0.15) is 44.2 Å². The molecule has 0 bridgehead atoms. The maximum Gasteiger partial charge on any atom is 0.127 e. The third kappa shape index (κ3) is 2.19. The molecule has 1 aliphatic carbocycles.